The molecule has 0 saturated heterocycles. The molecule has 4 nitrogen and oxygen atoms in total. The Morgan fingerprint density at radius 3 is 2.60 bits per heavy atom. The van der Waals surface area contributed by atoms with E-state index >= 15 is 0 Å². The van der Waals surface area contributed by atoms with Gasteiger partial charge in [-0.05, 0) is 44.2 Å². The predicted octanol–water partition coefficient (Wildman–Crippen LogP) is 2.48. The summed E-state index contributed by atoms with van der Waals surface area (Å²) in [6.07, 6.45) is 5.62. The molecule has 1 aromatic rings. The lowest BCUT2D eigenvalue weighted by molar-refractivity contribution is 0.0885. The zero-order chi connectivity index (χ0) is 14.9. The number of carbonyl (C=O) groups is 1. The highest BCUT2D eigenvalue weighted by Gasteiger charge is 2.33. The van der Waals surface area contributed by atoms with Crippen molar-refractivity contribution in [2.24, 2.45) is 5.92 Å². The molecule has 5 heteroatoms. The lowest BCUT2D eigenvalue weighted by atomic mass is 9.84. The third-order valence-corrected chi connectivity index (χ3v) is 5.69. The molecule has 0 radical (unpaired) electrons. The minimum atomic E-state index is -3.06. The summed E-state index contributed by atoms with van der Waals surface area (Å²) in [7, 11) is -3.06. The van der Waals surface area contributed by atoms with Gasteiger partial charge in [0.15, 0.2) is 5.78 Å². The van der Waals surface area contributed by atoms with Crippen molar-refractivity contribution in [1.82, 2.24) is 4.98 Å². The monoisotopic (exact) mass is 295 g/mol. The van der Waals surface area contributed by atoms with E-state index in [1.54, 1.807) is 6.20 Å². The summed E-state index contributed by atoms with van der Waals surface area (Å²) in [5.74, 6) is -0.215. The van der Waals surface area contributed by atoms with E-state index in [1.165, 1.54) is 6.26 Å². The highest BCUT2D eigenvalue weighted by molar-refractivity contribution is 7.91. The highest BCUT2D eigenvalue weighted by atomic mass is 32.2. The Morgan fingerprint density at radius 1 is 1.30 bits per heavy atom. The van der Waals surface area contributed by atoms with E-state index < -0.39 is 9.84 Å². The van der Waals surface area contributed by atoms with Gasteiger partial charge in [-0.1, -0.05) is 12.5 Å². The number of ketones is 1. The van der Waals surface area contributed by atoms with E-state index in [4.69, 9.17) is 0 Å². The molecule has 2 rings (SSSR count). The minimum Gasteiger partial charge on any atom is -0.292 e. The number of pyridine rings is 1. The lowest BCUT2D eigenvalue weighted by Crippen LogP contribution is -2.31. The van der Waals surface area contributed by atoms with Crippen molar-refractivity contribution in [3.05, 3.63) is 29.1 Å². The van der Waals surface area contributed by atoms with Gasteiger partial charge >= 0.3 is 0 Å². The molecule has 1 fully saturated rings. The number of rotatable bonds is 3. The quantitative estimate of drug-likeness (QED) is 0.804. The summed E-state index contributed by atoms with van der Waals surface area (Å²) >= 11 is 0. The average Bonchev–Trinajstić information content (AvgIpc) is 2.37. The molecule has 1 aromatic heterocycles. The van der Waals surface area contributed by atoms with Crippen molar-refractivity contribution in [3.63, 3.8) is 0 Å². The van der Waals surface area contributed by atoms with Crippen molar-refractivity contribution >= 4 is 15.6 Å². The maximum atomic E-state index is 12.5. The number of sulfone groups is 1. The number of aryl methyl sites for hydroxylation is 2. The molecule has 1 saturated carbocycles. The van der Waals surface area contributed by atoms with Gasteiger partial charge in [0.1, 0.15) is 15.5 Å². The van der Waals surface area contributed by atoms with E-state index in [1.807, 2.05) is 19.9 Å². The van der Waals surface area contributed by atoms with Gasteiger partial charge in [0.05, 0.1) is 5.25 Å². The van der Waals surface area contributed by atoms with Crippen molar-refractivity contribution in [2.75, 3.05) is 6.26 Å². The summed E-state index contributed by atoms with van der Waals surface area (Å²) in [5.41, 5.74) is 2.39. The second-order valence-corrected chi connectivity index (χ2v) is 8.18. The third kappa shape index (κ3) is 3.26. The van der Waals surface area contributed by atoms with E-state index in [-0.39, 0.29) is 17.0 Å². The Balaban J connectivity index is 2.21. The van der Waals surface area contributed by atoms with Crippen LogP contribution in [0.1, 0.15) is 47.3 Å². The smallest absolute Gasteiger partial charge is 0.184 e. The van der Waals surface area contributed by atoms with Gasteiger partial charge in [-0.15, -0.1) is 0 Å². The fourth-order valence-corrected chi connectivity index (χ4v) is 4.12. The van der Waals surface area contributed by atoms with Gasteiger partial charge in [-0.2, -0.15) is 0 Å². The Bertz CT molecular complexity index is 622. The second-order valence-electron chi connectivity index (χ2n) is 5.86. The molecule has 1 heterocycles. The summed E-state index contributed by atoms with van der Waals surface area (Å²) < 4.78 is 23.4. The molecule has 1 aliphatic rings. The molecule has 0 amide bonds. The Hall–Kier alpha value is -1.23. The zero-order valence-corrected chi connectivity index (χ0v) is 13.0. The second kappa shape index (κ2) is 5.64. The molecular formula is C15H21NO3S. The van der Waals surface area contributed by atoms with Crippen LogP contribution < -0.4 is 0 Å². The van der Waals surface area contributed by atoms with Gasteiger partial charge in [0.2, 0.25) is 0 Å². The summed E-state index contributed by atoms with van der Waals surface area (Å²) in [5, 5.41) is -0.379. The topological polar surface area (TPSA) is 64.1 Å². The zero-order valence-electron chi connectivity index (χ0n) is 12.2. The van der Waals surface area contributed by atoms with Crippen molar-refractivity contribution in [3.8, 4) is 0 Å². The first kappa shape index (κ1) is 15.2. The third-order valence-electron chi connectivity index (χ3n) is 4.05. The number of hydrogen-bond acceptors (Lipinski definition) is 4. The van der Waals surface area contributed by atoms with Crippen molar-refractivity contribution in [2.45, 2.75) is 44.8 Å². The molecule has 0 aromatic carbocycles. The van der Waals surface area contributed by atoms with Crippen LogP contribution in [-0.2, 0) is 9.84 Å². The van der Waals surface area contributed by atoms with Crippen molar-refractivity contribution in [1.29, 1.82) is 0 Å². The van der Waals surface area contributed by atoms with Gasteiger partial charge in [0.25, 0.3) is 0 Å². The van der Waals surface area contributed by atoms with E-state index in [0.29, 0.717) is 18.5 Å². The molecule has 2 atom stereocenters. The molecular weight excluding hydrogens is 274 g/mol. The van der Waals surface area contributed by atoms with Gasteiger partial charge in [-0.25, -0.2) is 8.42 Å². The summed E-state index contributed by atoms with van der Waals surface area (Å²) in [6.45, 7) is 3.82. The number of aromatic nitrogens is 1. The summed E-state index contributed by atoms with van der Waals surface area (Å²) in [6, 6.07) is 1.94. The van der Waals surface area contributed by atoms with Crippen LogP contribution in [0.25, 0.3) is 0 Å². The molecule has 2 unspecified atom stereocenters. The maximum absolute atomic E-state index is 12.5. The van der Waals surface area contributed by atoms with Crippen molar-refractivity contribution < 1.29 is 13.2 Å². The number of nitrogens with zero attached hydrogens (tertiary/aromatic N) is 1. The van der Waals surface area contributed by atoms with E-state index in [9.17, 15) is 13.2 Å². The summed E-state index contributed by atoms with van der Waals surface area (Å²) in [4.78, 5) is 16.8. The van der Waals surface area contributed by atoms with Crippen LogP contribution in [0, 0.1) is 19.8 Å². The number of carbonyl (C=O) groups excluding carboxylic acids is 1. The van der Waals surface area contributed by atoms with Crippen LogP contribution in [0.4, 0.5) is 0 Å². The van der Waals surface area contributed by atoms with Gasteiger partial charge in [-0.3, -0.25) is 9.78 Å². The van der Waals surface area contributed by atoms with Crippen LogP contribution >= 0.6 is 0 Å². The first-order valence-corrected chi connectivity index (χ1v) is 8.91. The molecule has 0 aliphatic heterocycles. The van der Waals surface area contributed by atoms with Crippen LogP contribution in [0.15, 0.2) is 12.3 Å². The van der Waals surface area contributed by atoms with E-state index in [2.05, 4.69) is 4.98 Å². The molecule has 1 aliphatic carbocycles. The van der Waals surface area contributed by atoms with Crippen LogP contribution in [0.3, 0.4) is 0 Å². The SMILES string of the molecule is Cc1cnc(C(=O)C2CCCC(S(C)(=O)=O)C2)c(C)c1. The maximum Gasteiger partial charge on any atom is 0.184 e. The van der Waals surface area contributed by atoms with Gasteiger partial charge < -0.3 is 0 Å². The highest BCUT2D eigenvalue weighted by Crippen LogP contribution is 2.31. The largest absolute Gasteiger partial charge is 0.292 e. The number of Topliss-reactive ketones (excluding diaryl/α,β-unsaturated/α-hetero) is 1. The first-order valence-electron chi connectivity index (χ1n) is 6.95. The lowest BCUT2D eigenvalue weighted by Gasteiger charge is -2.27. The van der Waals surface area contributed by atoms with E-state index in [0.717, 1.165) is 24.0 Å². The average molecular weight is 295 g/mol. The fraction of sp³-hybridized carbons (Fsp3) is 0.600. The molecule has 0 N–H and O–H groups in total. The molecule has 0 spiro atoms. The van der Waals surface area contributed by atoms with Crippen LogP contribution in [0.2, 0.25) is 0 Å². The first-order chi connectivity index (χ1) is 9.29. The van der Waals surface area contributed by atoms with Crippen LogP contribution in [-0.4, -0.2) is 30.7 Å². The molecule has 0 bridgehead atoms. The Morgan fingerprint density at radius 2 is 2.00 bits per heavy atom. The molecule has 20 heavy (non-hydrogen) atoms. The standard InChI is InChI=1S/C15H21NO3S/c1-10-7-11(2)14(16-9-10)15(17)12-5-4-6-13(8-12)20(3,18)19/h7,9,12-13H,4-6,8H2,1-3H3. The Kier molecular flexibility index (Phi) is 4.28. The minimum absolute atomic E-state index is 0.00384. The Labute approximate surface area is 120 Å². The normalized spacial score (nSPS) is 23.6. The number of hydrogen-bond donors (Lipinski definition) is 0. The predicted molar refractivity (Wildman–Crippen MR) is 78.6 cm³/mol. The molecule has 110 valence electrons. The van der Waals surface area contributed by atoms with Gasteiger partial charge in [0, 0.05) is 18.4 Å². The van der Waals surface area contributed by atoms with Crippen LogP contribution in [0.5, 0.6) is 0 Å². The fourth-order valence-electron chi connectivity index (χ4n) is 2.94.